The van der Waals surface area contributed by atoms with Crippen LogP contribution >= 0.6 is 0 Å². The summed E-state index contributed by atoms with van der Waals surface area (Å²) >= 11 is 0. The fraction of sp³-hybridized carbons (Fsp3) is 0.655. The lowest BCUT2D eigenvalue weighted by Crippen LogP contribution is -2.51. The molecule has 38 heavy (non-hydrogen) atoms. The van der Waals surface area contributed by atoms with Crippen molar-refractivity contribution < 1.29 is 29.0 Å². The summed E-state index contributed by atoms with van der Waals surface area (Å²) < 4.78 is 17.4. The molecule has 0 amide bonds. The van der Waals surface area contributed by atoms with E-state index in [0.29, 0.717) is 23.7 Å². The van der Waals surface area contributed by atoms with Crippen molar-refractivity contribution in [1.29, 1.82) is 0 Å². The van der Waals surface area contributed by atoms with Crippen molar-refractivity contribution in [3.63, 3.8) is 0 Å². The Morgan fingerprint density at radius 1 is 1.16 bits per heavy atom. The lowest BCUT2D eigenvalue weighted by molar-refractivity contribution is -0.385. The number of nitrogens with zero attached hydrogens (tertiary/aromatic N) is 1. The minimum atomic E-state index is -0.990. The Bertz CT molecular complexity index is 941. The molecule has 0 spiro atoms. The molecular weight excluding hydrogens is 488 g/mol. The van der Waals surface area contributed by atoms with E-state index in [2.05, 4.69) is 12.2 Å². The van der Waals surface area contributed by atoms with Crippen molar-refractivity contribution in [1.82, 2.24) is 5.32 Å². The number of rotatable bonds is 19. The highest BCUT2D eigenvalue weighted by Crippen LogP contribution is 2.41. The first-order valence-corrected chi connectivity index (χ1v) is 13.8. The molecule has 0 aromatic heterocycles. The standard InChI is InChI=1S/C29H44N2O7/c1-4-5-6-7-8-9-10-11-12-13-19-37-24(22-36-18-14-17-32)21-30-27-25-20-23(31(34)35)15-16-26(25)38-29(2,3)28(27)33/h14-16,20-21,27-28,30,33H,4-13,18-19,22H2,1-3H3/b24-21+/t27-,28+/m1/s1. The summed E-state index contributed by atoms with van der Waals surface area (Å²) in [6.45, 7) is 6.49. The molecule has 2 rings (SSSR count). The van der Waals surface area contributed by atoms with E-state index < -0.39 is 22.7 Å². The van der Waals surface area contributed by atoms with Crippen LogP contribution in [-0.2, 0) is 14.3 Å². The van der Waals surface area contributed by atoms with Crippen LogP contribution < -0.4 is 10.1 Å². The largest absolute Gasteiger partial charge is 0.494 e. The first kappa shape index (κ1) is 31.3. The molecule has 0 saturated carbocycles. The number of hydrogen-bond acceptors (Lipinski definition) is 8. The van der Waals surface area contributed by atoms with Crippen LogP contribution in [0.2, 0.25) is 0 Å². The normalized spacial score (nSPS) is 18.2. The maximum Gasteiger partial charge on any atom is 0.270 e. The Morgan fingerprint density at radius 2 is 1.82 bits per heavy atom. The molecule has 1 aromatic rings. The van der Waals surface area contributed by atoms with Gasteiger partial charge in [0.05, 0.1) is 24.2 Å². The van der Waals surface area contributed by atoms with E-state index in [1.165, 1.54) is 69.6 Å². The molecule has 2 atom stereocenters. The molecular formula is C29H44N2O7. The second-order valence-electron chi connectivity index (χ2n) is 10.3. The van der Waals surface area contributed by atoms with Gasteiger partial charge in [0.1, 0.15) is 35.8 Å². The Balaban J connectivity index is 1.97. The van der Waals surface area contributed by atoms with Gasteiger partial charge in [-0.15, -0.1) is 0 Å². The molecule has 1 heterocycles. The number of fused-ring (bicyclic) bond motifs is 1. The molecule has 212 valence electrons. The Morgan fingerprint density at radius 3 is 2.45 bits per heavy atom. The molecule has 0 aliphatic carbocycles. The number of ether oxygens (including phenoxy) is 3. The van der Waals surface area contributed by atoms with E-state index >= 15 is 0 Å². The zero-order chi connectivity index (χ0) is 27.8. The lowest BCUT2D eigenvalue weighted by atomic mass is 9.86. The zero-order valence-electron chi connectivity index (χ0n) is 23.1. The van der Waals surface area contributed by atoms with Crippen LogP contribution in [0.1, 0.15) is 96.6 Å². The zero-order valence-corrected chi connectivity index (χ0v) is 23.1. The van der Waals surface area contributed by atoms with E-state index in [-0.39, 0.29) is 18.9 Å². The number of nitro benzene ring substituents is 1. The molecule has 0 radical (unpaired) electrons. The predicted octanol–water partition coefficient (Wildman–Crippen LogP) is 5.94. The highest BCUT2D eigenvalue weighted by atomic mass is 16.6. The van der Waals surface area contributed by atoms with Crippen LogP contribution in [0.3, 0.4) is 0 Å². The first-order chi connectivity index (χ1) is 18.3. The number of nitro groups is 1. The summed E-state index contributed by atoms with van der Waals surface area (Å²) in [5.74, 6) is 2.65. The van der Waals surface area contributed by atoms with Crippen LogP contribution in [0.15, 0.2) is 36.2 Å². The molecule has 2 N–H and O–H groups in total. The number of aliphatic hydroxyl groups excluding tert-OH is 1. The molecule has 1 aliphatic rings. The third-order valence-electron chi connectivity index (χ3n) is 6.68. The minimum absolute atomic E-state index is 0.0866. The predicted molar refractivity (Wildman–Crippen MR) is 147 cm³/mol. The number of non-ortho nitro benzene ring substituents is 1. The fourth-order valence-corrected chi connectivity index (χ4v) is 4.43. The SMILES string of the molecule is CCCCCCCCCCCCO/C(=C/N[C@@H]1c2cc([N+](=O)[O-])ccc2OC(C)(C)[C@H]1O)COCC=C=O. The maximum absolute atomic E-state index is 11.3. The van der Waals surface area contributed by atoms with Crippen molar-refractivity contribution in [2.45, 2.75) is 103 Å². The summed E-state index contributed by atoms with van der Waals surface area (Å²) in [5.41, 5.74) is -0.519. The van der Waals surface area contributed by atoms with Gasteiger partial charge in [0.25, 0.3) is 5.69 Å². The topological polar surface area (TPSA) is 120 Å². The third kappa shape index (κ3) is 10.5. The van der Waals surface area contributed by atoms with Crippen LogP contribution in [0.5, 0.6) is 5.75 Å². The summed E-state index contributed by atoms with van der Waals surface area (Å²) in [7, 11) is 0. The summed E-state index contributed by atoms with van der Waals surface area (Å²) in [6, 6.07) is 3.68. The smallest absolute Gasteiger partial charge is 0.270 e. The van der Waals surface area contributed by atoms with Crippen molar-refractivity contribution in [2.24, 2.45) is 0 Å². The number of benzene rings is 1. The van der Waals surface area contributed by atoms with Gasteiger partial charge in [-0.3, -0.25) is 10.1 Å². The monoisotopic (exact) mass is 532 g/mol. The molecule has 1 aromatic carbocycles. The van der Waals surface area contributed by atoms with Crippen LogP contribution in [0.4, 0.5) is 5.69 Å². The van der Waals surface area contributed by atoms with E-state index in [9.17, 15) is 20.0 Å². The van der Waals surface area contributed by atoms with Crippen LogP contribution in [-0.4, -0.2) is 47.5 Å². The van der Waals surface area contributed by atoms with Gasteiger partial charge in [-0.25, -0.2) is 4.79 Å². The van der Waals surface area contributed by atoms with Crippen LogP contribution in [0, 0.1) is 10.1 Å². The second-order valence-corrected chi connectivity index (χ2v) is 10.3. The number of unbranched alkanes of at least 4 members (excludes halogenated alkanes) is 9. The minimum Gasteiger partial charge on any atom is -0.494 e. The van der Waals surface area contributed by atoms with Gasteiger partial charge in [-0.05, 0) is 26.3 Å². The van der Waals surface area contributed by atoms with Crippen molar-refractivity contribution >= 4 is 11.6 Å². The summed E-state index contributed by atoms with van der Waals surface area (Å²) in [4.78, 5) is 21.3. The average molecular weight is 533 g/mol. The molecule has 0 saturated heterocycles. The highest BCUT2D eigenvalue weighted by Gasteiger charge is 2.43. The molecule has 9 nitrogen and oxygen atoms in total. The molecule has 9 heteroatoms. The van der Waals surface area contributed by atoms with Gasteiger partial charge in [-0.1, -0.05) is 64.7 Å². The van der Waals surface area contributed by atoms with Gasteiger partial charge in [0.15, 0.2) is 0 Å². The molecule has 1 aliphatic heterocycles. The van der Waals surface area contributed by atoms with Gasteiger partial charge < -0.3 is 24.6 Å². The van der Waals surface area contributed by atoms with Gasteiger partial charge in [0, 0.05) is 30.0 Å². The van der Waals surface area contributed by atoms with Crippen molar-refractivity contribution in [2.75, 3.05) is 19.8 Å². The number of nitrogens with one attached hydrogen (secondary N) is 1. The summed E-state index contributed by atoms with van der Waals surface area (Å²) in [6.07, 6.45) is 14.1. The van der Waals surface area contributed by atoms with Crippen molar-refractivity contribution in [3.8, 4) is 5.75 Å². The highest BCUT2D eigenvalue weighted by molar-refractivity contribution is 5.48. The Kier molecular flexibility index (Phi) is 13.9. The fourth-order valence-electron chi connectivity index (χ4n) is 4.43. The van der Waals surface area contributed by atoms with Crippen LogP contribution in [0.25, 0.3) is 0 Å². The van der Waals surface area contributed by atoms with E-state index in [1.54, 1.807) is 32.1 Å². The Hall–Kier alpha value is -2.87. The van der Waals surface area contributed by atoms with Gasteiger partial charge >= 0.3 is 0 Å². The Labute approximate surface area is 226 Å². The van der Waals surface area contributed by atoms with E-state index in [1.807, 2.05) is 0 Å². The van der Waals surface area contributed by atoms with Crippen molar-refractivity contribution in [3.05, 3.63) is 51.9 Å². The van der Waals surface area contributed by atoms with E-state index in [4.69, 9.17) is 14.2 Å². The maximum atomic E-state index is 11.3. The average Bonchev–Trinajstić information content (AvgIpc) is 2.89. The molecule has 0 bridgehead atoms. The third-order valence-corrected chi connectivity index (χ3v) is 6.68. The second kappa shape index (κ2) is 16.9. The number of hydrogen-bond donors (Lipinski definition) is 2. The lowest BCUT2D eigenvalue weighted by Gasteiger charge is -2.42. The number of aliphatic hydroxyl groups is 1. The van der Waals surface area contributed by atoms with Gasteiger partial charge in [-0.2, -0.15) is 0 Å². The number of carbonyl (C=O) groups excluding carboxylic acids is 1. The first-order valence-electron chi connectivity index (χ1n) is 13.8. The molecule has 0 fully saturated rings. The van der Waals surface area contributed by atoms with Gasteiger partial charge in [0.2, 0.25) is 0 Å². The van der Waals surface area contributed by atoms with E-state index in [0.717, 1.165) is 12.8 Å². The summed E-state index contributed by atoms with van der Waals surface area (Å²) in [5, 5.41) is 25.5. The molecule has 0 unspecified atom stereocenters. The quantitative estimate of drug-likeness (QED) is 0.0738.